The smallest absolute Gasteiger partial charge is 0.141 e. The van der Waals surface area contributed by atoms with Crippen LogP contribution < -0.4 is 0 Å². The van der Waals surface area contributed by atoms with Crippen LogP contribution in [0.2, 0.25) is 0 Å². The SMILES string of the molecule is COC1=CC(F)C=CC=C1. The standard InChI is InChI=1S/C8H9FO/c1-10-8-5-3-2-4-7(9)6-8/h2-7H,1H3. The Morgan fingerprint density at radius 3 is 3.00 bits per heavy atom. The second kappa shape index (κ2) is 3.20. The maximum absolute atomic E-state index is 12.6. The predicted molar refractivity (Wildman–Crippen MR) is 38.3 cm³/mol. The maximum Gasteiger partial charge on any atom is 0.141 e. The Morgan fingerprint density at radius 2 is 2.30 bits per heavy atom. The first-order valence-corrected chi connectivity index (χ1v) is 3.07. The van der Waals surface area contributed by atoms with Crippen LogP contribution in [-0.4, -0.2) is 13.3 Å². The topological polar surface area (TPSA) is 9.23 Å². The van der Waals surface area contributed by atoms with Crippen molar-refractivity contribution < 1.29 is 9.13 Å². The lowest BCUT2D eigenvalue weighted by Crippen LogP contribution is -1.90. The monoisotopic (exact) mass is 140 g/mol. The van der Waals surface area contributed by atoms with Gasteiger partial charge in [-0.3, -0.25) is 0 Å². The number of rotatable bonds is 1. The zero-order chi connectivity index (χ0) is 7.40. The first-order valence-electron chi connectivity index (χ1n) is 3.07. The number of hydrogen-bond acceptors (Lipinski definition) is 1. The Hall–Kier alpha value is -1.05. The molecule has 2 heteroatoms. The van der Waals surface area contributed by atoms with Crippen molar-refractivity contribution in [3.05, 3.63) is 36.1 Å². The van der Waals surface area contributed by atoms with E-state index in [1.807, 2.05) is 0 Å². The largest absolute Gasteiger partial charge is 0.497 e. The minimum atomic E-state index is -1.02. The Bertz CT molecular complexity index is 191. The summed E-state index contributed by atoms with van der Waals surface area (Å²) in [6.07, 6.45) is 6.98. The van der Waals surface area contributed by atoms with Gasteiger partial charge in [0, 0.05) is 0 Å². The lowest BCUT2D eigenvalue weighted by atomic mass is 10.3. The van der Waals surface area contributed by atoms with Crippen LogP contribution in [0.25, 0.3) is 0 Å². The fraction of sp³-hybridized carbons (Fsp3) is 0.250. The lowest BCUT2D eigenvalue weighted by Gasteiger charge is -1.98. The van der Waals surface area contributed by atoms with Gasteiger partial charge in [0.05, 0.1) is 7.11 Å². The lowest BCUT2D eigenvalue weighted by molar-refractivity contribution is 0.300. The fourth-order valence-corrected chi connectivity index (χ4v) is 0.725. The molecule has 0 heterocycles. The van der Waals surface area contributed by atoms with Crippen LogP contribution in [-0.2, 0) is 4.74 Å². The molecule has 0 aliphatic heterocycles. The molecule has 1 aliphatic carbocycles. The summed E-state index contributed by atoms with van der Waals surface area (Å²) >= 11 is 0. The number of alkyl halides is 1. The van der Waals surface area contributed by atoms with Gasteiger partial charge in [0.25, 0.3) is 0 Å². The van der Waals surface area contributed by atoms with Crippen molar-refractivity contribution in [2.24, 2.45) is 0 Å². The Labute approximate surface area is 59.5 Å². The van der Waals surface area contributed by atoms with Crippen molar-refractivity contribution in [3.8, 4) is 0 Å². The van der Waals surface area contributed by atoms with E-state index in [0.29, 0.717) is 5.76 Å². The molecule has 0 aromatic carbocycles. The minimum absolute atomic E-state index is 0.567. The average molecular weight is 140 g/mol. The van der Waals surface area contributed by atoms with Gasteiger partial charge >= 0.3 is 0 Å². The van der Waals surface area contributed by atoms with Crippen LogP contribution >= 0.6 is 0 Å². The molecule has 0 fully saturated rings. The van der Waals surface area contributed by atoms with Crippen molar-refractivity contribution in [2.45, 2.75) is 6.17 Å². The van der Waals surface area contributed by atoms with Crippen LogP contribution in [0.4, 0.5) is 4.39 Å². The highest BCUT2D eigenvalue weighted by Crippen LogP contribution is 2.07. The summed E-state index contributed by atoms with van der Waals surface area (Å²) in [6, 6.07) is 0. The molecule has 1 atom stereocenters. The molecule has 0 radical (unpaired) electrons. The van der Waals surface area contributed by atoms with Gasteiger partial charge in [-0.2, -0.15) is 0 Å². The third kappa shape index (κ3) is 1.72. The zero-order valence-corrected chi connectivity index (χ0v) is 5.75. The summed E-state index contributed by atoms with van der Waals surface area (Å²) in [7, 11) is 1.52. The van der Waals surface area contributed by atoms with E-state index in [2.05, 4.69) is 0 Å². The molecule has 10 heavy (non-hydrogen) atoms. The van der Waals surface area contributed by atoms with E-state index < -0.39 is 6.17 Å². The van der Waals surface area contributed by atoms with Crippen LogP contribution in [0, 0.1) is 0 Å². The molecular formula is C8H9FO. The molecule has 54 valence electrons. The van der Waals surface area contributed by atoms with Gasteiger partial charge in [-0.15, -0.1) is 0 Å². The second-order valence-electron chi connectivity index (χ2n) is 1.96. The third-order valence-corrected chi connectivity index (χ3v) is 1.23. The second-order valence-corrected chi connectivity index (χ2v) is 1.96. The van der Waals surface area contributed by atoms with Gasteiger partial charge in [0.1, 0.15) is 11.9 Å². The molecule has 0 saturated carbocycles. The van der Waals surface area contributed by atoms with E-state index in [0.717, 1.165) is 0 Å². The maximum atomic E-state index is 12.6. The highest BCUT2D eigenvalue weighted by Gasteiger charge is 2.00. The molecule has 0 bridgehead atoms. The van der Waals surface area contributed by atoms with E-state index in [1.54, 1.807) is 18.2 Å². The van der Waals surface area contributed by atoms with Gasteiger partial charge in [-0.25, -0.2) is 4.39 Å². The van der Waals surface area contributed by atoms with Gasteiger partial charge in [0.15, 0.2) is 0 Å². The number of allylic oxidation sites excluding steroid dienone is 5. The summed E-state index contributed by atoms with van der Waals surface area (Å²) in [5, 5.41) is 0. The summed E-state index contributed by atoms with van der Waals surface area (Å²) < 4.78 is 17.4. The number of halogens is 1. The van der Waals surface area contributed by atoms with Gasteiger partial charge in [0.2, 0.25) is 0 Å². The van der Waals surface area contributed by atoms with E-state index >= 15 is 0 Å². The summed E-state index contributed by atoms with van der Waals surface area (Å²) in [5.41, 5.74) is 0. The molecule has 1 nitrogen and oxygen atoms in total. The number of hydrogen-bond donors (Lipinski definition) is 0. The quantitative estimate of drug-likeness (QED) is 0.541. The summed E-state index contributed by atoms with van der Waals surface area (Å²) in [4.78, 5) is 0. The molecule has 0 aromatic heterocycles. The van der Waals surface area contributed by atoms with E-state index in [4.69, 9.17) is 4.74 Å². The van der Waals surface area contributed by atoms with Crippen LogP contribution in [0.1, 0.15) is 0 Å². The molecule has 1 rings (SSSR count). The first-order chi connectivity index (χ1) is 4.83. The molecule has 0 saturated heterocycles. The van der Waals surface area contributed by atoms with Crippen molar-refractivity contribution in [2.75, 3.05) is 7.11 Å². The first kappa shape index (κ1) is 7.06. The average Bonchev–Trinajstić information content (AvgIpc) is 2.13. The van der Waals surface area contributed by atoms with Crippen LogP contribution in [0.15, 0.2) is 36.1 Å². The van der Waals surface area contributed by atoms with Gasteiger partial charge in [-0.05, 0) is 18.2 Å². The Morgan fingerprint density at radius 1 is 1.50 bits per heavy atom. The molecule has 0 spiro atoms. The predicted octanol–water partition coefficient (Wildman–Crippen LogP) is 1.98. The molecular weight excluding hydrogens is 131 g/mol. The third-order valence-electron chi connectivity index (χ3n) is 1.23. The Kier molecular flexibility index (Phi) is 2.26. The van der Waals surface area contributed by atoms with Crippen molar-refractivity contribution in [1.82, 2.24) is 0 Å². The summed E-state index contributed by atoms with van der Waals surface area (Å²) in [6.45, 7) is 0. The van der Waals surface area contributed by atoms with E-state index in [9.17, 15) is 4.39 Å². The van der Waals surface area contributed by atoms with Crippen molar-refractivity contribution in [3.63, 3.8) is 0 Å². The summed E-state index contributed by atoms with van der Waals surface area (Å²) in [5.74, 6) is 0.567. The zero-order valence-electron chi connectivity index (χ0n) is 5.75. The molecule has 0 aromatic rings. The van der Waals surface area contributed by atoms with Crippen molar-refractivity contribution >= 4 is 0 Å². The van der Waals surface area contributed by atoms with E-state index in [-0.39, 0.29) is 0 Å². The van der Waals surface area contributed by atoms with Gasteiger partial charge < -0.3 is 4.74 Å². The van der Waals surface area contributed by atoms with E-state index in [1.165, 1.54) is 19.3 Å². The molecule has 1 unspecified atom stereocenters. The fourth-order valence-electron chi connectivity index (χ4n) is 0.725. The highest BCUT2D eigenvalue weighted by molar-refractivity contribution is 5.24. The highest BCUT2D eigenvalue weighted by atomic mass is 19.1. The molecule has 0 amide bonds. The Balaban J connectivity index is 2.74. The molecule has 1 aliphatic rings. The van der Waals surface area contributed by atoms with Crippen LogP contribution in [0.3, 0.4) is 0 Å². The van der Waals surface area contributed by atoms with Gasteiger partial charge in [-0.1, -0.05) is 12.2 Å². The molecule has 0 N–H and O–H groups in total. The number of methoxy groups -OCH3 is 1. The normalized spacial score (nSPS) is 23.8. The number of ether oxygens (including phenoxy) is 1. The van der Waals surface area contributed by atoms with Crippen LogP contribution in [0.5, 0.6) is 0 Å². The minimum Gasteiger partial charge on any atom is -0.497 e. The van der Waals surface area contributed by atoms with Crippen molar-refractivity contribution in [1.29, 1.82) is 0 Å².